The van der Waals surface area contributed by atoms with Gasteiger partial charge < -0.3 is 0 Å². The van der Waals surface area contributed by atoms with Crippen LogP contribution >= 0.6 is 22.9 Å². The van der Waals surface area contributed by atoms with Gasteiger partial charge in [-0.15, -0.1) is 22.9 Å². The molecule has 1 aromatic carbocycles. The average Bonchev–Trinajstić information content (AvgIpc) is 2.61. The van der Waals surface area contributed by atoms with E-state index in [2.05, 4.69) is 0 Å². The molecule has 0 unspecified atom stereocenters. The van der Waals surface area contributed by atoms with Gasteiger partial charge in [0.2, 0.25) is 0 Å². The summed E-state index contributed by atoms with van der Waals surface area (Å²) < 4.78 is 1.16. The van der Waals surface area contributed by atoms with E-state index in [0.717, 1.165) is 15.6 Å². The van der Waals surface area contributed by atoms with Gasteiger partial charge in [-0.05, 0) is 6.07 Å². The summed E-state index contributed by atoms with van der Waals surface area (Å²) in [4.78, 5) is 11.6. The maximum atomic E-state index is 11.6. The zero-order chi connectivity index (χ0) is 9.97. The van der Waals surface area contributed by atoms with Crippen molar-refractivity contribution in [3.8, 4) is 0 Å². The van der Waals surface area contributed by atoms with Crippen LogP contribution in [0.4, 0.5) is 0 Å². The Bertz CT molecular complexity index is 461. The van der Waals surface area contributed by atoms with Crippen molar-refractivity contribution < 1.29 is 4.79 Å². The number of Topliss-reactive ketones (excluding diaryl/α,β-unsaturated/α-hetero) is 1. The summed E-state index contributed by atoms with van der Waals surface area (Å²) in [6, 6.07) is 7.94. The number of fused-ring (bicyclic) bond motifs is 1. The summed E-state index contributed by atoms with van der Waals surface area (Å²) >= 11 is 7.15. The number of halogens is 1. The van der Waals surface area contributed by atoms with E-state index in [9.17, 15) is 4.79 Å². The van der Waals surface area contributed by atoms with Crippen molar-refractivity contribution in [2.75, 3.05) is 5.88 Å². The molecular formula is C11H9ClOS. The monoisotopic (exact) mass is 224 g/mol. The number of alkyl halides is 1. The van der Waals surface area contributed by atoms with Crippen LogP contribution in [0.2, 0.25) is 0 Å². The van der Waals surface area contributed by atoms with Crippen LogP contribution in [0, 0.1) is 0 Å². The fraction of sp³-hybridized carbons (Fsp3) is 0.182. The highest BCUT2D eigenvalue weighted by Gasteiger charge is 2.10. The van der Waals surface area contributed by atoms with Gasteiger partial charge in [0, 0.05) is 33.3 Å². The quantitative estimate of drug-likeness (QED) is 0.574. The van der Waals surface area contributed by atoms with E-state index >= 15 is 0 Å². The third kappa shape index (κ3) is 1.68. The SMILES string of the molecule is O=C(CCCl)c1csc2ccccc12. The summed E-state index contributed by atoms with van der Waals surface area (Å²) in [6.07, 6.45) is 0.419. The molecule has 0 radical (unpaired) electrons. The molecule has 0 bridgehead atoms. The number of carbonyl (C=O) groups is 1. The van der Waals surface area contributed by atoms with Gasteiger partial charge in [0.15, 0.2) is 5.78 Å². The molecule has 0 atom stereocenters. The molecule has 14 heavy (non-hydrogen) atoms. The van der Waals surface area contributed by atoms with E-state index < -0.39 is 0 Å². The second-order valence-corrected chi connectivity index (χ2v) is 4.30. The molecule has 0 saturated carbocycles. The Morgan fingerprint density at radius 2 is 2.14 bits per heavy atom. The van der Waals surface area contributed by atoms with Crippen molar-refractivity contribution in [1.82, 2.24) is 0 Å². The topological polar surface area (TPSA) is 17.1 Å². The third-order valence-electron chi connectivity index (χ3n) is 2.10. The Kier molecular flexibility index (Phi) is 2.85. The molecule has 2 aromatic rings. The van der Waals surface area contributed by atoms with Gasteiger partial charge in [-0.25, -0.2) is 0 Å². The van der Waals surface area contributed by atoms with Gasteiger partial charge in [-0.1, -0.05) is 18.2 Å². The molecule has 0 aliphatic carbocycles. The molecule has 0 saturated heterocycles. The highest BCUT2D eigenvalue weighted by molar-refractivity contribution is 7.17. The molecule has 0 aliphatic heterocycles. The molecule has 0 aliphatic rings. The molecule has 3 heteroatoms. The zero-order valence-electron chi connectivity index (χ0n) is 7.50. The van der Waals surface area contributed by atoms with E-state index in [4.69, 9.17) is 11.6 Å². The zero-order valence-corrected chi connectivity index (χ0v) is 9.07. The number of hydrogen-bond donors (Lipinski definition) is 0. The first-order valence-electron chi connectivity index (χ1n) is 4.38. The van der Waals surface area contributed by atoms with Crippen molar-refractivity contribution in [3.05, 3.63) is 35.2 Å². The lowest BCUT2D eigenvalue weighted by atomic mass is 10.1. The summed E-state index contributed by atoms with van der Waals surface area (Å²) in [6.45, 7) is 0. The number of benzene rings is 1. The largest absolute Gasteiger partial charge is 0.294 e. The Hall–Kier alpha value is -0.860. The lowest BCUT2D eigenvalue weighted by Gasteiger charge is -1.95. The lowest BCUT2D eigenvalue weighted by molar-refractivity contribution is 0.0991. The highest BCUT2D eigenvalue weighted by Crippen LogP contribution is 2.26. The first-order chi connectivity index (χ1) is 6.83. The first-order valence-corrected chi connectivity index (χ1v) is 5.79. The Balaban J connectivity index is 2.47. The average molecular weight is 225 g/mol. The van der Waals surface area contributed by atoms with Crippen LogP contribution in [0.15, 0.2) is 29.6 Å². The number of ketones is 1. The van der Waals surface area contributed by atoms with Crippen LogP contribution in [0.25, 0.3) is 10.1 Å². The van der Waals surface area contributed by atoms with E-state index in [0.29, 0.717) is 12.3 Å². The highest BCUT2D eigenvalue weighted by atomic mass is 35.5. The fourth-order valence-corrected chi connectivity index (χ4v) is 2.55. The van der Waals surface area contributed by atoms with Crippen LogP contribution in [-0.2, 0) is 0 Å². The number of carbonyl (C=O) groups excluding carboxylic acids is 1. The Morgan fingerprint density at radius 1 is 1.36 bits per heavy atom. The molecule has 0 amide bonds. The summed E-state index contributed by atoms with van der Waals surface area (Å²) in [7, 11) is 0. The van der Waals surface area contributed by atoms with Crippen molar-refractivity contribution in [2.24, 2.45) is 0 Å². The Labute approximate surface area is 91.3 Å². The second kappa shape index (κ2) is 4.11. The van der Waals surface area contributed by atoms with Crippen LogP contribution in [0.1, 0.15) is 16.8 Å². The summed E-state index contributed by atoms with van der Waals surface area (Å²) in [5.74, 6) is 0.528. The molecule has 0 spiro atoms. The van der Waals surface area contributed by atoms with Gasteiger partial charge in [0.25, 0.3) is 0 Å². The van der Waals surface area contributed by atoms with E-state index in [1.54, 1.807) is 11.3 Å². The lowest BCUT2D eigenvalue weighted by Crippen LogP contribution is -1.97. The molecule has 72 valence electrons. The minimum Gasteiger partial charge on any atom is -0.294 e. The summed E-state index contributed by atoms with van der Waals surface area (Å²) in [5, 5.41) is 2.96. The standard InChI is InChI=1S/C11H9ClOS/c12-6-5-10(13)9-7-14-11-4-2-1-3-8(9)11/h1-4,7H,5-6H2. The molecule has 1 heterocycles. The van der Waals surface area contributed by atoms with Crippen molar-refractivity contribution in [2.45, 2.75) is 6.42 Å². The molecular weight excluding hydrogens is 216 g/mol. The minimum absolute atomic E-state index is 0.137. The number of hydrogen-bond acceptors (Lipinski definition) is 2. The molecule has 2 rings (SSSR count). The van der Waals surface area contributed by atoms with Crippen LogP contribution in [-0.4, -0.2) is 11.7 Å². The minimum atomic E-state index is 0.137. The smallest absolute Gasteiger partial charge is 0.165 e. The van der Waals surface area contributed by atoms with Crippen LogP contribution < -0.4 is 0 Å². The maximum absolute atomic E-state index is 11.6. The van der Waals surface area contributed by atoms with Gasteiger partial charge in [0.05, 0.1) is 0 Å². The van der Waals surface area contributed by atoms with Gasteiger partial charge in [0.1, 0.15) is 0 Å². The predicted molar refractivity (Wildman–Crippen MR) is 61.5 cm³/mol. The van der Waals surface area contributed by atoms with Gasteiger partial charge >= 0.3 is 0 Å². The van der Waals surface area contributed by atoms with Crippen LogP contribution in [0.3, 0.4) is 0 Å². The normalized spacial score (nSPS) is 10.6. The van der Waals surface area contributed by atoms with Gasteiger partial charge in [-0.2, -0.15) is 0 Å². The number of rotatable bonds is 3. The maximum Gasteiger partial charge on any atom is 0.165 e. The van der Waals surface area contributed by atoms with Crippen LogP contribution in [0.5, 0.6) is 0 Å². The van der Waals surface area contributed by atoms with Crippen molar-refractivity contribution in [3.63, 3.8) is 0 Å². The predicted octanol–water partition coefficient (Wildman–Crippen LogP) is 3.71. The third-order valence-corrected chi connectivity index (χ3v) is 3.26. The van der Waals surface area contributed by atoms with E-state index in [1.807, 2.05) is 29.6 Å². The molecule has 1 aromatic heterocycles. The van der Waals surface area contributed by atoms with Crippen molar-refractivity contribution >= 4 is 38.8 Å². The molecule has 0 fully saturated rings. The Morgan fingerprint density at radius 3 is 2.93 bits per heavy atom. The van der Waals surface area contributed by atoms with E-state index in [-0.39, 0.29) is 5.78 Å². The van der Waals surface area contributed by atoms with E-state index in [1.165, 1.54) is 0 Å². The molecule has 1 nitrogen and oxygen atoms in total. The first kappa shape index (κ1) is 9.69. The summed E-state index contributed by atoms with van der Waals surface area (Å²) in [5.41, 5.74) is 0.811. The van der Waals surface area contributed by atoms with Gasteiger partial charge in [-0.3, -0.25) is 4.79 Å². The number of thiophene rings is 1. The van der Waals surface area contributed by atoms with Crippen molar-refractivity contribution in [1.29, 1.82) is 0 Å². The fourth-order valence-electron chi connectivity index (χ4n) is 1.41. The second-order valence-electron chi connectivity index (χ2n) is 3.01. The molecule has 0 N–H and O–H groups in total.